The summed E-state index contributed by atoms with van der Waals surface area (Å²) in [6, 6.07) is 6.00. The van der Waals surface area contributed by atoms with E-state index in [1.807, 2.05) is 18.2 Å². The number of hydrogen-bond donors (Lipinski definition) is 2. The number of likely N-dealkylation sites (N-methyl/N-ethyl adjacent to an activating group) is 1. The lowest BCUT2D eigenvalue weighted by molar-refractivity contribution is -0.120. The summed E-state index contributed by atoms with van der Waals surface area (Å²) in [6.45, 7) is 0.354. The van der Waals surface area contributed by atoms with Gasteiger partial charge in [-0.2, -0.15) is 0 Å². The number of nitrogens with one attached hydrogen (secondary N) is 2. The van der Waals surface area contributed by atoms with Crippen molar-refractivity contribution < 1.29 is 4.79 Å². The third-order valence-electron chi connectivity index (χ3n) is 2.89. The summed E-state index contributed by atoms with van der Waals surface area (Å²) in [6.07, 6.45) is 1.88. The highest BCUT2D eigenvalue weighted by atomic mass is 35.5. The van der Waals surface area contributed by atoms with Crippen LogP contribution in [0.3, 0.4) is 0 Å². The van der Waals surface area contributed by atoms with Gasteiger partial charge in [-0.15, -0.1) is 0 Å². The smallest absolute Gasteiger partial charge is 0.234 e. The molecule has 1 aromatic carbocycles. The lowest BCUT2D eigenvalue weighted by Crippen LogP contribution is -2.34. The molecular formula is C12H15ClN2O. The standard InChI is InChI=1S/C12H15ClN2O/c1-14-7-12(16)15-11-6-5-8-9(11)3-2-4-10(8)13/h2-4,11,14H,5-7H2,1H3,(H,15,16). The van der Waals surface area contributed by atoms with Crippen LogP contribution in [0, 0.1) is 0 Å². The van der Waals surface area contributed by atoms with Crippen molar-refractivity contribution in [2.45, 2.75) is 18.9 Å². The summed E-state index contributed by atoms with van der Waals surface area (Å²) in [5, 5.41) is 6.65. The maximum atomic E-state index is 11.5. The van der Waals surface area contributed by atoms with Gasteiger partial charge in [0.2, 0.25) is 5.91 Å². The van der Waals surface area contributed by atoms with Crippen LogP contribution in [-0.2, 0) is 11.2 Å². The molecule has 0 heterocycles. The molecule has 2 N–H and O–H groups in total. The zero-order valence-corrected chi connectivity index (χ0v) is 9.97. The van der Waals surface area contributed by atoms with Crippen LogP contribution in [0.4, 0.5) is 0 Å². The molecule has 0 aromatic heterocycles. The quantitative estimate of drug-likeness (QED) is 0.841. The van der Waals surface area contributed by atoms with Gasteiger partial charge in [-0.05, 0) is 37.1 Å². The fourth-order valence-corrected chi connectivity index (χ4v) is 2.44. The van der Waals surface area contributed by atoms with E-state index in [2.05, 4.69) is 10.6 Å². The normalized spacial score (nSPS) is 18.2. The molecule has 0 aliphatic heterocycles. The van der Waals surface area contributed by atoms with E-state index in [-0.39, 0.29) is 11.9 Å². The van der Waals surface area contributed by atoms with Crippen LogP contribution < -0.4 is 10.6 Å². The summed E-state index contributed by atoms with van der Waals surface area (Å²) in [4.78, 5) is 11.5. The molecule has 4 heteroatoms. The number of halogens is 1. The zero-order chi connectivity index (χ0) is 11.5. The second-order valence-electron chi connectivity index (χ2n) is 4.00. The molecule has 1 aromatic rings. The van der Waals surface area contributed by atoms with E-state index in [4.69, 9.17) is 11.6 Å². The monoisotopic (exact) mass is 238 g/mol. The van der Waals surface area contributed by atoms with Crippen LogP contribution in [0.2, 0.25) is 5.02 Å². The van der Waals surface area contributed by atoms with Gasteiger partial charge in [-0.3, -0.25) is 4.79 Å². The van der Waals surface area contributed by atoms with Crippen molar-refractivity contribution in [3.05, 3.63) is 34.3 Å². The van der Waals surface area contributed by atoms with Crippen LogP contribution in [-0.4, -0.2) is 19.5 Å². The van der Waals surface area contributed by atoms with Crippen molar-refractivity contribution >= 4 is 17.5 Å². The molecule has 0 spiro atoms. The summed E-state index contributed by atoms with van der Waals surface area (Å²) in [5.74, 6) is 0.0281. The topological polar surface area (TPSA) is 41.1 Å². The highest BCUT2D eigenvalue weighted by Crippen LogP contribution is 2.35. The molecular weight excluding hydrogens is 224 g/mol. The molecule has 0 radical (unpaired) electrons. The Kier molecular flexibility index (Phi) is 3.46. The molecule has 1 atom stereocenters. The molecule has 1 aliphatic carbocycles. The van der Waals surface area contributed by atoms with Gasteiger partial charge in [0.1, 0.15) is 0 Å². The van der Waals surface area contributed by atoms with Crippen LogP contribution in [0.1, 0.15) is 23.6 Å². The fraction of sp³-hybridized carbons (Fsp3) is 0.417. The van der Waals surface area contributed by atoms with Crippen molar-refractivity contribution in [2.75, 3.05) is 13.6 Å². The number of hydrogen-bond acceptors (Lipinski definition) is 2. The Labute approximate surface area is 100 Å². The summed E-state index contributed by atoms with van der Waals surface area (Å²) in [7, 11) is 1.76. The van der Waals surface area contributed by atoms with Crippen molar-refractivity contribution in [3.8, 4) is 0 Å². The first-order chi connectivity index (χ1) is 7.72. The molecule has 2 rings (SSSR count). The molecule has 1 aliphatic rings. The van der Waals surface area contributed by atoms with E-state index in [9.17, 15) is 4.79 Å². The molecule has 1 unspecified atom stereocenters. The average molecular weight is 239 g/mol. The van der Waals surface area contributed by atoms with Crippen LogP contribution in [0.25, 0.3) is 0 Å². The number of carbonyl (C=O) groups is 1. The SMILES string of the molecule is CNCC(=O)NC1CCc2c(Cl)cccc21. The van der Waals surface area contributed by atoms with E-state index in [1.54, 1.807) is 7.05 Å². The van der Waals surface area contributed by atoms with E-state index in [1.165, 1.54) is 5.56 Å². The molecule has 0 saturated heterocycles. The van der Waals surface area contributed by atoms with Crippen molar-refractivity contribution in [1.29, 1.82) is 0 Å². The summed E-state index contributed by atoms with van der Waals surface area (Å²) in [5.41, 5.74) is 2.34. The highest BCUT2D eigenvalue weighted by molar-refractivity contribution is 6.31. The number of fused-ring (bicyclic) bond motifs is 1. The minimum Gasteiger partial charge on any atom is -0.348 e. The van der Waals surface area contributed by atoms with Crippen LogP contribution >= 0.6 is 11.6 Å². The Morgan fingerprint density at radius 3 is 3.12 bits per heavy atom. The van der Waals surface area contributed by atoms with Gasteiger partial charge in [0.05, 0.1) is 12.6 Å². The molecule has 16 heavy (non-hydrogen) atoms. The number of benzene rings is 1. The van der Waals surface area contributed by atoms with E-state index in [0.29, 0.717) is 6.54 Å². The van der Waals surface area contributed by atoms with Crippen molar-refractivity contribution in [3.63, 3.8) is 0 Å². The Morgan fingerprint density at radius 1 is 1.56 bits per heavy atom. The lowest BCUT2D eigenvalue weighted by atomic mass is 10.1. The second-order valence-corrected chi connectivity index (χ2v) is 4.40. The lowest BCUT2D eigenvalue weighted by Gasteiger charge is -2.14. The van der Waals surface area contributed by atoms with Gasteiger partial charge in [0.25, 0.3) is 0 Å². The number of amides is 1. The Bertz CT molecular complexity index is 406. The van der Waals surface area contributed by atoms with E-state index in [0.717, 1.165) is 23.4 Å². The zero-order valence-electron chi connectivity index (χ0n) is 9.22. The molecule has 3 nitrogen and oxygen atoms in total. The summed E-state index contributed by atoms with van der Waals surface area (Å²) >= 11 is 6.11. The maximum absolute atomic E-state index is 11.5. The first-order valence-corrected chi connectivity index (χ1v) is 5.81. The number of carbonyl (C=O) groups excluding carboxylic acids is 1. The van der Waals surface area contributed by atoms with Gasteiger partial charge in [-0.25, -0.2) is 0 Å². The molecule has 0 fully saturated rings. The van der Waals surface area contributed by atoms with Gasteiger partial charge in [0, 0.05) is 5.02 Å². The van der Waals surface area contributed by atoms with Crippen LogP contribution in [0.15, 0.2) is 18.2 Å². The van der Waals surface area contributed by atoms with Crippen molar-refractivity contribution in [2.24, 2.45) is 0 Å². The third kappa shape index (κ3) is 2.20. The Morgan fingerprint density at radius 2 is 2.38 bits per heavy atom. The van der Waals surface area contributed by atoms with E-state index >= 15 is 0 Å². The molecule has 0 bridgehead atoms. The van der Waals surface area contributed by atoms with Gasteiger partial charge >= 0.3 is 0 Å². The van der Waals surface area contributed by atoms with Gasteiger partial charge in [0.15, 0.2) is 0 Å². The molecule has 0 saturated carbocycles. The van der Waals surface area contributed by atoms with Crippen molar-refractivity contribution in [1.82, 2.24) is 10.6 Å². The maximum Gasteiger partial charge on any atom is 0.234 e. The predicted molar refractivity (Wildman–Crippen MR) is 64.6 cm³/mol. The predicted octanol–water partition coefficient (Wildman–Crippen LogP) is 1.66. The number of rotatable bonds is 3. The largest absolute Gasteiger partial charge is 0.348 e. The fourth-order valence-electron chi connectivity index (χ4n) is 2.17. The first kappa shape index (κ1) is 11.4. The first-order valence-electron chi connectivity index (χ1n) is 5.43. The Balaban J connectivity index is 2.12. The average Bonchev–Trinajstić information content (AvgIpc) is 2.64. The second kappa shape index (κ2) is 4.85. The van der Waals surface area contributed by atoms with E-state index < -0.39 is 0 Å². The molecule has 86 valence electrons. The van der Waals surface area contributed by atoms with Crippen LogP contribution in [0.5, 0.6) is 0 Å². The third-order valence-corrected chi connectivity index (χ3v) is 3.24. The Hall–Kier alpha value is -1.06. The summed E-state index contributed by atoms with van der Waals surface area (Å²) < 4.78 is 0. The highest BCUT2D eigenvalue weighted by Gasteiger charge is 2.24. The minimum atomic E-state index is 0.0281. The minimum absolute atomic E-state index is 0.0281. The van der Waals surface area contributed by atoms with Gasteiger partial charge in [-0.1, -0.05) is 23.7 Å². The van der Waals surface area contributed by atoms with Gasteiger partial charge < -0.3 is 10.6 Å². The molecule has 1 amide bonds.